The zero-order valence-electron chi connectivity index (χ0n) is 14.9. The van der Waals surface area contributed by atoms with Crippen LogP contribution in [0.1, 0.15) is 37.7 Å². The Balaban J connectivity index is 1.77. The molecule has 1 aliphatic heterocycles. The lowest BCUT2D eigenvalue weighted by Crippen LogP contribution is -2.47. The monoisotopic (exact) mass is 351 g/mol. The van der Waals surface area contributed by atoms with Gasteiger partial charge in [-0.2, -0.15) is 0 Å². The van der Waals surface area contributed by atoms with Crippen LogP contribution in [0.3, 0.4) is 0 Å². The van der Waals surface area contributed by atoms with Crippen LogP contribution in [0.15, 0.2) is 12.1 Å². The lowest BCUT2D eigenvalue weighted by Gasteiger charge is -2.40. The second-order valence-electron chi connectivity index (χ2n) is 7.35. The smallest absolute Gasteiger partial charge is 0.310 e. The summed E-state index contributed by atoms with van der Waals surface area (Å²) in [7, 11) is 2.99. The molecule has 3 rings (SSSR count). The fraction of sp³-hybridized carbons (Fsp3) is 0.632. The van der Waals surface area contributed by atoms with Crippen LogP contribution in [0.5, 0.6) is 11.5 Å². The molecule has 1 atom stereocenters. The van der Waals surface area contributed by atoms with E-state index in [9.17, 15) is 14.3 Å². The molecule has 0 radical (unpaired) electrons. The number of ether oxygens (including phenoxy) is 2. The summed E-state index contributed by atoms with van der Waals surface area (Å²) in [6.45, 7) is 1.64. The van der Waals surface area contributed by atoms with Crippen molar-refractivity contribution in [2.24, 2.45) is 11.3 Å². The van der Waals surface area contributed by atoms with E-state index in [4.69, 9.17) is 9.47 Å². The predicted molar refractivity (Wildman–Crippen MR) is 91.4 cm³/mol. The van der Waals surface area contributed by atoms with Gasteiger partial charge in [0.1, 0.15) is 5.82 Å². The third-order valence-corrected chi connectivity index (χ3v) is 5.43. The standard InChI is InChI=1S/C19H26FNO4/c1-24-16-8-14(15(20)9-17(16)25-2)11-21-7-3-6-19(12-21,18(22)23)10-13-4-5-13/h8-9,13H,3-7,10-12H2,1-2H3,(H,22,23)/t19-/m0/s1. The van der Waals surface area contributed by atoms with Gasteiger partial charge in [0.25, 0.3) is 0 Å². The normalized spacial score (nSPS) is 24.1. The van der Waals surface area contributed by atoms with Crippen LogP contribution in [0.25, 0.3) is 0 Å². The number of halogens is 1. The van der Waals surface area contributed by atoms with Crippen molar-refractivity contribution >= 4 is 5.97 Å². The summed E-state index contributed by atoms with van der Waals surface area (Å²) in [5.74, 6) is 0.325. The van der Waals surface area contributed by atoms with E-state index in [0.717, 1.165) is 32.2 Å². The third-order valence-electron chi connectivity index (χ3n) is 5.43. The van der Waals surface area contributed by atoms with Crippen molar-refractivity contribution in [3.63, 3.8) is 0 Å². The largest absolute Gasteiger partial charge is 0.493 e. The number of carbonyl (C=O) groups is 1. The van der Waals surface area contributed by atoms with Gasteiger partial charge in [-0.15, -0.1) is 0 Å². The number of benzene rings is 1. The van der Waals surface area contributed by atoms with Crippen LogP contribution in [0.2, 0.25) is 0 Å². The van der Waals surface area contributed by atoms with Gasteiger partial charge in [-0.25, -0.2) is 4.39 Å². The van der Waals surface area contributed by atoms with Crippen LogP contribution in [-0.2, 0) is 11.3 Å². The zero-order valence-corrected chi connectivity index (χ0v) is 14.9. The minimum Gasteiger partial charge on any atom is -0.493 e. The molecule has 1 heterocycles. The molecule has 1 aromatic rings. The molecule has 25 heavy (non-hydrogen) atoms. The summed E-state index contributed by atoms with van der Waals surface area (Å²) in [6.07, 6.45) is 4.56. The highest BCUT2D eigenvalue weighted by Gasteiger charge is 2.45. The van der Waals surface area contributed by atoms with Gasteiger partial charge in [-0.05, 0) is 37.8 Å². The van der Waals surface area contributed by atoms with E-state index < -0.39 is 11.4 Å². The molecule has 0 aromatic heterocycles. The molecule has 1 N–H and O–H groups in total. The van der Waals surface area contributed by atoms with E-state index in [1.165, 1.54) is 20.3 Å². The topological polar surface area (TPSA) is 59.0 Å². The second kappa shape index (κ2) is 7.20. The molecule has 1 aliphatic carbocycles. The fourth-order valence-electron chi connectivity index (χ4n) is 3.92. The van der Waals surface area contributed by atoms with Crippen molar-refractivity contribution < 1.29 is 23.8 Å². The first-order chi connectivity index (χ1) is 12.0. The number of rotatable bonds is 7. The summed E-state index contributed by atoms with van der Waals surface area (Å²) in [4.78, 5) is 14.0. The van der Waals surface area contributed by atoms with Gasteiger partial charge < -0.3 is 14.6 Å². The molecule has 5 nitrogen and oxygen atoms in total. The van der Waals surface area contributed by atoms with Gasteiger partial charge in [-0.3, -0.25) is 9.69 Å². The van der Waals surface area contributed by atoms with Crippen LogP contribution in [-0.4, -0.2) is 43.3 Å². The SMILES string of the molecule is COc1cc(F)c(CN2CCC[C@@](CC3CC3)(C(=O)O)C2)cc1OC. The lowest BCUT2D eigenvalue weighted by molar-refractivity contribution is -0.153. The van der Waals surface area contributed by atoms with Gasteiger partial charge in [0.15, 0.2) is 11.5 Å². The Labute approximate surface area is 147 Å². The average Bonchev–Trinajstić information content (AvgIpc) is 3.40. The highest BCUT2D eigenvalue weighted by atomic mass is 19.1. The van der Waals surface area contributed by atoms with Crippen LogP contribution in [0.4, 0.5) is 4.39 Å². The Morgan fingerprint density at radius 3 is 2.60 bits per heavy atom. The fourth-order valence-corrected chi connectivity index (χ4v) is 3.92. The number of aliphatic carboxylic acids is 1. The minimum atomic E-state index is -0.711. The first-order valence-electron chi connectivity index (χ1n) is 8.83. The molecular weight excluding hydrogens is 325 g/mol. The highest BCUT2D eigenvalue weighted by molar-refractivity contribution is 5.75. The molecule has 1 saturated carbocycles. The molecule has 0 bridgehead atoms. The molecule has 1 saturated heterocycles. The Bertz CT molecular complexity index is 647. The van der Waals surface area contributed by atoms with Crippen molar-refractivity contribution in [3.05, 3.63) is 23.5 Å². The van der Waals surface area contributed by atoms with Gasteiger partial charge >= 0.3 is 5.97 Å². The summed E-state index contributed by atoms with van der Waals surface area (Å²) in [5.41, 5.74) is -0.183. The van der Waals surface area contributed by atoms with E-state index in [2.05, 4.69) is 4.90 Å². The number of methoxy groups -OCH3 is 2. The van der Waals surface area contributed by atoms with Crippen molar-refractivity contribution in [2.75, 3.05) is 27.3 Å². The molecule has 0 spiro atoms. The van der Waals surface area contributed by atoms with Crippen LogP contribution in [0, 0.1) is 17.2 Å². The number of piperidine rings is 1. The molecular formula is C19H26FNO4. The van der Waals surface area contributed by atoms with Gasteiger partial charge in [0, 0.05) is 24.7 Å². The summed E-state index contributed by atoms with van der Waals surface area (Å²) >= 11 is 0. The van der Waals surface area contributed by atoms with Gasteiger partial charge in [0.2, 0.25) is 0 Å². The summed E-state index contributed by atoms with van der Waals surface area (Å²) in [5, 5.41) is 9.82. The van der Waals surface area contributed by atoms with Crippen molar-refractivity contribution in [2.45, 2.75) is 38.6 Å². The lowest BCUT2D eigenvalue weighted by atomic mass is 9.75. The molecule has 2 fully saturated rings. The van der Waals surface area contributed by atoms with E-state index in [-0.39, 0.29) is 5.82 Å². The molecule has 138 valence electrons. The maximum absolute atomic E-state index is 14.4. The maximum Gasteiger partial charge on any atom is 0.310 e. The molecule has 1 aromatic carbocycles. The van der Waals surface area contributed by atoms with Crippen molar-refractivity contribution in [1.29, 1.82) is 0 Å². The van der Waals surface area contributed by atoms with Gasteiger partial charge in [0.05, 0.1) is 19.6 Å². The Morgan fingerprint density at radius 2 is 2.00 bits per heavy atom. The number of carboxylic acid groups (broad SMARTS) is 1. The number of likely N-dealkylation sites (tertiary alicyclic amines) is 1. The predicted octanol–water partition coefficient (Wildman–Crippen LogP) is 3.31. The second-order valence-corrected chi connectivity index (χ2v) is 7.35. The van der Waals surface area contributed by atoms with Crippen molar-refractivity contribution in [3.8, 4) is 11.5 Å². The van der Waals surface area contributed by atoms with E-state index in [1.807, 2.05) is 0 Å². The number of hydrogen-bond acceptors (Lipinski definition) is 4. The number of nitrogens with zero attached hydrogens (tertiary/aromatic N) is 1. The van der Waals surface area contributed by atoms with E-state index >= 15 is 0 Å². The Kier molecular flexibility index (Phi) is 5.18. The molecule has 0 unspecified atom stereocenters. The van der Waals surface area contributed by atoms with Crippen LogP contribution >= 0.6 is 0 Å². The van der Waals surface area contributed by atoms with E-state index in [0.29, 0.717) is 42.5 Å². The van der Waals surface area contributed by atoms with Crippen molar-refractivity contribution in [1.82, 2.24) is 4.90 Å². The number of carboxylic acids is 1. The highest BCUT2D eigenvalue weighted by Crippen LogP contribution is 2.45. The number of hydrogen-bond donors (Lipinski definition) is 1. The van der Waals surface area contributed by atoms with Crippen LogP contribution < -0.4 is 9.47 Å². The molecule has 2 aliphatic rings. The first-order valence-corrected chi connectivity index (χ1v) is 8.83. The average molecular weight is 351 g/mol. The Morgan fingerprint density at radius 1 is 1.32 bits per heavy atom. The Hall–Kier alpha value is -1.82. The molecule has 0 amide bonds. The summed E-state index contributed by atoms with van der Waals surface area (Å²) in [6, 6.07) is 2.97. The summed E-state index contributed by atoms with van der Waals surface area (Å²) < 4.78 is 24.8. The molecule has 6 heteroatoms. The van der Waals surface area contributed by atoms with Gasteiger partial charge in [-0.1, -0.05) is 12.8 Å². The quantitative estimate of drug-likeness (QED) is 0.817. The third kappa shape index (κ3) is 3.89. The maximum atomic E-state index is 14.4. The first kappa shape index (κ1) is 18.0. The minimum absolute atomic E-state index is 0.355. The van der Waals surface area contributed by atoms with E-state index in [1.54, 1.807) is 6.07 Å². The zero-order chi connectivity index (χ0) is 18.0.